The average molecular weight is 572 g/mol. The van der Waals surface area contributed by atoms with Gasteiger partial charge in [0.15, 0.2) is 0 Å². The molecule has 5 aromatic heterocycles. The summed E-state index contributed by atoms with van der Waals surface area (Å²) in [5, 5.41) is 8.97. The summed E-state index contributed by atoms with van der Waals surface area (Å²) in [6, 6.07) is 44.0. The van der Waals surface area contributed by atoms with Crippen molar-refractivity contribution >= 4 is 95.9 Å². The molecule has 0 aliphatic heterocycles. The first-order chi connectivity index (χ1) is 20.8. The molecule has 0 bridgehead atoms. The highest BCUT2D eigenvalue weighted by Gasteiger charge is 2.18. The fraction of sp³-hybridized carbons (Fsp3) is 0. The average Bonchev–Trinajstić information content (AvgIpc) is 3.77. The monoisotopic (exact) mass is 571 g/mol. The van der Waals surface area contributed by atoms with Crippen molar-refractivity contribution in [2.75, 3.05) is 0 Å². The lowest BCUT2D eigenvalue weighted by Crippen LogP contribution is -1.97. The van der Waals surface area contributed by atoms with E-state index >= 15 is 0 Å². The highest BCUT2D eigenvalue weighted by Crippen LogP contribution is 2.45. The molecule has 0 spiro atoms. The normalized spacial score (nSPS) is 12.3. The summed E-state index contributed by atoms with van der Waals surface area (Å²) >= 11 is 3.73. The zero-order valence-electron chi connectivity index (χ0n) is 22.3. The van der Waals surface area contributed by atoms with E-state index in [0.717, 1.165) is 17.0 Å². The molecule has 5 heteroatoms. The lowest BCUT2D eigenvalue weighted by atomic mass is 10.1. The Balaban J connectivity index is 1.26. The van der Waals surface area contributed by atoms with Gasteiger partial charge in [-0.3, -0.25) is 4.57 Å². The highest BCUT2D eigenvalue weighted by atomic mass is 32.2. The Morgan fingerprint density at radius 2 is 1.02 bits per heavy atom. The fourth-order valence-corrected chi connectivity index (χ4v) is 9.38. The zero-order chi connectivity index (χ0) is 27.4. The molecule has 0 aliphatic rings. The number of thiophene rings is 2. The van der Waals surface area contributed by atoms with E-state index in [4.69, 9.17) is 4.98 Å². The van der Waals surface area contributed by atoms with Crippen molar-refractivity contribution in [1.29, 1.82) is 0 Å². The van der Waals surface area contributed by atoms with Crippen molar-refractivity contribution in [2.24, 2.45) is 0 Å². The Morgan fingerprint density at radius 3 is 1.76 bits per heavy atom. The van der Waals surface area contributed by atoms with Crippen LogP contribution in [0, 0.1) is 0 Å². The van der Waals surface area contributed by atoms with Crippen LogP contribution in [0.1, 0.15) is 0 Å². The molecule has 10 rings (SSSR count). The van der Waals surface area contributed by atoms with Gasteiger partial charge < -0.3 is 4.57 Å². The largest absolute Gasteiger partial charge is 0.309 e. The number of benzene rings is 5. The van der Waals surface area contributed by atoms with Crippen molar-refractivity contribution in [3.63, 3.8) is 0 Å². The molecule has 0 fully saturated rings. The smallest absolute Gasteiger partial charge is 0.138 e. The van der Waals surface area contributed by atoms with Crippen LogP contribution in [0.5, 0.6) is 0 Å². The molecule has 0 N–H and O–H groups in total. The number of aromatic nitrogens is 3. The van der Waals surface area contributed by atoms with Crippen LogP contribution in [0.25, 0.3) is 84.7 Å². The molecule has 42 heavy (non-hydrogen) atoms. The van der Waals surface area contributed by atoms with E-state index in [1.807, 2.05) is 22.7 Å². The van der Waals surface area contributed by atoms with Crippen molar-refractivity contribution < 1.29 is 0 Å². The molecule has 0 atom stereocenters. The first-order valence-corrected chi connectivity index (χ1v) is 15.7. The van der Waals surface area contributed by atoms with Gasteiger partial charge in [-0.25, -0.2) is 4.98 Å². The van der Waals surface area contributed by atoms with Gasteiger partial charge in [0.25, 0.3) is 0 Å². The van der Waals surface area contributed by atoms with Crippen LogP contribution in [-0.4, -0.2) is 14.1 Å². The van der Waals surface area contributed by atoms with Gasteiger partial charge in [-0.2, -0.15) is 0 Å². The number of hydrogen-bond donors (Lipinski definition) is 0. The van der Waals surface area contributed by atoms with Gasteiger partial charge in [-0.15, -0.1) is 22.7 Å². The van der Waals surface area contributed by atoms with Crippen LogP contribution in [-0.2, 0) is 0 Å². The van der Waals surface area contributed by atoms with E-state index < -0.39 is 0 Å². The molecular formula is C37H21N3S2. The van der Waals surface area contributed by atoms with Crippen LogP contribution in [0.3, 0.4) is 0 Å². The maximum Gasteiger partial charge on any atom is 0.138 e. The number of para-hydroxylation sites is 3. The minimum atomic E-state index is 0.952. The van der Waals surface area contributed by atoms with Crippen molar-refractivity contribution in [3.05, 3.63) is 128 Å². The van der Waals surface area contributed by atoms with Crippen molar-refractivity contribution in [3.8, 4) is 11.5 Å². The van der Waals surface area contributed by atoms with Crippen LogP contribution >= 0.6 is 22.7 Å². The minimum absolute atomic E-state index is 0.952. The molecular weight excluding hydrogens is 551 g/mol. The molecule has 0 unspecified atom stereocenters. The standard InChI is InChI=1S/C37H21N3S2/c1-5-13-29-23(9-1)24-10-2-6-14-30(24)39(29)22-17-18-32-27(19-22)25-11-3-7-15-31(25)40(32)35-20-28-34(21-38-35)42-37-36(28)26-12-4-8-16-33(26)41-37/h1-21H. The first kappa shape index (κ1) is 22.7. The first-order valence-electron chi connectivity index (χ1n) is 14.1. The topological polar surface area (TPSA) is 22.8 Å². The van der Waals surface area contributed by atoms with Gasteiger partial charge in [0.2, 0.25) is 0 Å². The van der Waals surface area contributed by atoms with Crippen LogP contribution in [0.4, 0.5) is 0 Å². The molecule has 0 aliphatic carbocycles. The number of hydrogen-bond acceptors (Lipinski definition) is 3. The lowest BCUT2D eigenvalue weighted by molar-refractivity contribution is 1.09. The Kier molecular flexibility index (Phi) is 4.48. The minimum Gasteiger partial charge on any atom is -0.309 e. The fourth-order valence-electron chi connectivity index (χ4n) is 6.83. The molecule has 196 valence electrons. The number of nitrogens with zero attached hydrogens (tertiary/aromatic N) is 3. The highest BCUT2D eigenvalue weighted by molar-refractivity contribution is 7.44. The molecule has 3 nitrogen and oxygen atoms in total. The number of fused-ring (bicyclic) bond motifs is 11. The Labute approximate surface area is 248 Å². The van der Waals surface area contributed by atoms with E-state index in [1.54, 1.807) is 0 Å². The van der Waals surface area contributed by atoms with Gasteiger partial charge in [-0.05, 0) is 48.5 Å². The maximum atomic E-state index is 5.03. The van der Waals surface area contributed by atoms with Gasteiger partial charge in [0, 0.05) is 54.3 Å². The van der Waals surface area contributed by atoms with E-state index in [0.29, 0.717) is 0 Å². The predicted molar refractivity (Wildman–Crippen MR) is 181 cm³/mol. The third kappa shape index (κ3) is 2.96. The van der Waals surface area contributed by atoms with Gasteiger partial charge >= 0.3 is 0 Å². The van der Waals surface area contributed by atoms with Crippen LogP contribution in [0.15, 0.2) is 128 Å². The Bertz CT molecular complexity index is 2650. The lowest BCUT2D eigenvalue weighted by Gasteiger charge is -2.10. The quantitative estimate of drug-likeness (QED) is 0.202. The second-order valence-electron chi connectivity index (χ2n) is 10.8. The summed E-state index contributed by atoms with van der Waals surface area (Å²) in [6.07, 6.45) is 2.06. The third-order valence-corrected chi connectivity index (χ3v) is 11.0. The molecule has 0 saturated carbocycles. The molecule has 0 amide bonds. The van der Waals surface area contributed by atoms with Crippen LogP contribution in [0.2, 0.25) is 0 Å². The summed E-state index contributed by atoms with van der Waals surface area (Å²) in [5.74, 6) is 0.952. The molecule has 10 aromatic rings. The van der Waals surface area contributed by atoms with E-state index in [-0.39, 0.29) is 0 Å². The SMILES string of the molecule is c1ccc2c(c1)sc1sc3cnc(-n4c5ccccc5c5cc(-n6c7ccccc7c7ccccc76)ccc54)cc3c12. The third-order valence-electron chi connectivity index (χ3n) is 8.61. The van der Waals surface area contributed by atoms with Gasteiger partial charge in [0.05, 0.1) is 30.8 Å². The molecule has 5 aromatic carbocycles. The second-order valence-corrected chi connectivity index (χ2v) is 13.2. The van der Waals surface area contributed by atoms with E-state index in [9.17, 15) is 0 Å². The summed E-state index contributed by atoms with van der Waals surface area (Å²) in [6.45, 7) is 0. The zero-order valence-corrected chi connectivity index (χ0v) is 23.9. The number of pyridine rings is 1. The summed E-state index contributed by atoms with van der Waals surface area (Å²) in [4.78, 5) is 5.03. The predicted octanol–water partition coefficient (Wildman–Crippen LogP) is 10.9. The van der Waals surface area contributed by atoms with E-state index in [1.165, 1.54) is 67.7 Å². The maximum absolute atomic E-state index is 5.03. The Hall–Kier alpha value is -4.97. The number of rotatable bonds is 2. The Morgan fingerprint density at radius 1 is 0.452 bits per heavy atom. The summed E-state index contributed by atoms with van der Waals surface area (Å²) in [5.41, 5.74) is 5.93. The second kappa shape index (κ2) is 8.29. The van der Waals surface area contributed by atoms with Crippen molar-refractivity contribution in [2.45, 2.75) is 0 Å². The van der Waals surface area contributed by atoms with Crippen molar-refractivity contribution in [1.82, 2.24) is 14.1 Å². The van der Waals surface area contributed by atoms with Gasteiger partial charge in [0.1, 0.15) is 5.82 Å². The van der Waals surface area contributed by atoms with Gasteiger partial charge in [-0.1, -0.05) is 72.8 Å². The summed E-state index contributed by atoms with van der Waals surface area (Å²) < 4.78 is 8.67. The van der Waals surface area contributed by atoms with Crippen LogP contribution < -0.4 is 0 Å². The summed E-state index contributed by atoms with van der Waals surface area (Å²) in [7, 11) is 0. The molecule has 5 heterocycles. The molecule has 0 saturated heterocycles. The van der Waals surface area contributed by atoms with E-state index in [2.05, 4.69) is 137 Å². The molecule has 0 radical (unpaired) electrons.